The Balaban J connectivity index is 1.49. The van der Waals surface area contributed by atoms with E-state index in [2.05, 4.69) is 10.3 Å². The smallest absolute Gasteiger partial charge is 0.331 e. The molecule has 3 aromatic rings. The molecule has 1 heterocycles. The molecule has 1 aliphatic carbocycles. The predicted octanol–water partition coefficient (Wildman–Crippen LogP) is 6.69. The van der Waals surface area contributed by atoms with E-state index in [4.69, 9.17) is 14.6 Å². The zero-order valence-electron chi connectivity index (χ0n) is 21.1. The number of hydrogen-bond acceptors (Lipinski definition) is 6. The van der Waals surface area contributed by atoms with Gasteiger partial charge in [0.2, 0.25) is 0 Å². The Kier molecular flexibility index (Phi) is 8.85. The average molecular weight is 543 g/mol. The Bertz CT molecular complexity index is 1340. The summed E-state index contributed by atoms with van der Waals surface area (Å²) in [5.41, 5.74) is 1.17. The lowest BCUT2D eigenvalue weighted by Gasteiger charge is -2.22. The van der Waals surface area contributed by atoms with Crippen molar-refractivity contribution >= 4 is 34.4 Å². The van der Waals surface area contributed by atoms with Crippen molar-refractivity contribution in [3.63, 3.8) is 0 Å². The van der Waals surface area contributed by atoms with Crippen LogP contribution in [0.4, 0.5) is 13.9 Å². The summed E-state index contributed by atoms with van der Waals surface area (Å²) < 4.78 is 40.7. The number of ether oxygens (including phenoxy) is 2. The van der Waals surface area contributed by atoms with Gasteiger partial charge in [0.15, 0.2) is 5.13 Å². The summed E-state index contributed by atoms with van der Waals surface area (Å²) in [5, 5.41) is 13.5. The summed E-state index contributed by atoms with van der Waals surface area (Å²) >= 11 is 1.16. The molecule has 1 saturated carbocycles. The predicted molar refractivity (Wildman–Crippen MR) is 141 cm³/mol. The van der Waals surface area contributed by atoms with Crippen LogP contribution in [0, 0.1) is 11.6 Å². The number of hydrogen-bond donors (Lipinski definition) is 2. The van der Waals surface area contributed by atoms with E-state index in [1.54, 1.807) is 12.5 Å². The van der Waals surface area contributed by atoms with Gasteiger partial charge in [-0.05, 0) is 44.0 Å². The molecular formula is C28H28F2N2O5S. The number of nitrogens with one attached hydrogen (secondary N) is 1. The van der Waals surface area contributed by atoms with Gasteiger partial charge in [0, 0.05) is 33.2 Å². The number of carbonyl (C=O) groups is 2. The molecule has 10 heteroatoms. The number of nitrogens with zero attached hydrogens (tertiary/aromatic N) is 1. The topological polar surface area (TPSA) is 97.8 Å². The number of aliphatic carboxylic acids is 1. The highest BCUT2D eigenvalue weighted by molar-refractivity contribution is 7.14. The third-order valence-electron chi connectivity index (χ3n) is 6.37. The van der Waals surface area contributed by atoms with Crippen LogP contribution in [0.15, 0.2) is 41.3 Å². The second-order valence-electron chi connectivity index (χ2n) is 9.05. The molecule has 0 atom stereocenters. The van der Waals surface area contributed by atoms with Gasteiger partial charge in [-0.15, -0.1) is 11.3 Å². The van der Waals surface area contributed by atoms with Gasteiger partial charge in [0.05, 0.1) is 25.5 Å². The van der Waals surface area contributed by atoms with E-state index in [1.807, 2.05) is 18.2 Å². The van der Waals surface area contributed by atoms with E-state index in [-0.39, 0.29) is 22.4 Å². The summed E-state index contributed by atoms with van der Waals surface area (Å²) in [5.74, 6) is -3.52. The lowest BCUT2D eigenvalue weighted by Crippen LogP contribution is -2.16. The highest BCUT2D eigenvalue weighted by Crippen LogP contribution is 2.36. The van der Waals surface area contributed by atoms with Gasteiger partial charge in [-0.1, -0.05) is 31.4 Å². The quantitative estimate of drug-likeness (QED) is 0.293. The summed E-state index contributed by atoms with van der Waals surface area (Å²) in [6, 6.07) is 7.40. The number of amides is 1. The molecule has 0 saturated heterocycles. The molecule has 1 fully saturated rings. The first kappa shape index (κ1) is 27.4. The van der Waals surface area contributed by atoms with Crippen molar-refractivity contribution in [1.82, 2.24) is 4.98 Å². The van der Waals surface area contributed by atoms with Gasteiger partial charge in [0.1, 0.15) is 17.4 Å². The van der Waals surface area contributed by atoms with Crippen LogP contribution in [0.5, 0.6) is 5.75 Å². The summed E-state index contributed by atoms with van der Waals surface area (Å²) in [4.78, 5) is 28.1. The fraction of sp³-hybridized carbons (Fsp3) is 0.321. The second kappa shape index (κ2) is 12.3. The average Bonchev–Trinajstić information content (AvgIpc) is 3.37. The molecule has 0 bridgehead atoms. The van der Waals surface area contributed by atoms with E-state index in [9.17, 15) is 18.4 Å². The van der Waals surface area contributed by atoms with Gasteiger partial charge in [-0.25, -0.2) is 18.6 Å². The fourth-order valence-corrected chi connectivity index (χ4v) is 5.04. The van der Waals surface area contributed by atoms with E-state index < -0.39 is 29.1 Å². The summed E-state index contributed by atoms with van der Waals surface area (Å²) in [6.45, 7) is 1.64. The van der Waals surface area contributed by atoms with Crippen molar-refractivity contribution in [3.05, 3.63) is 69.6 Å². The summed E-state index contributed by atoms with van der Waals surface area (Å²) in [7, 11) is 1.58. The van der Waals surface area contributed by atoms with Crippen molar-refractivity contribution < 1.29 is 33.0 Å². The van der Waals surface area contributed by atoms with Crippen molar-refractivity contribution in [2.24, 2.45) is 0 Å². The maximum Gasteiger partial charge on any atom is 0.331 e. The van der Waals surface area contributed by atoms with Gasteiger partial charge in [-0.3, -0.25) is 10.1 Å². The fourth-order valence-electron chi connectivity index (χ4n) is 4.34. The van der Waals surface area contributed by atoms with Crippen LogP contribution in [0.25, 0.3) is 17.3 Å². The zero-order valence-corrected chi connectivity index (χ0v) is 21.9. The van der Waals surface area contributed by atoms with E-state index in [0.29, 0.717) is 18.1 Å². The maximum atomic E-state index is 14.5. The lowest BCUT2D eigenvalue weighted by atomic mass is 9.98. The van der Waals surface area contributed by atoms with Crippen molar-refractivity contribution in [2.45, 2.75) is 51.7 Å². The lowest BCUT2D eigenvalue weighted by molar-refractivity contribution is -0.132. The molecule has 1 aliphatic rings. The van der Waals surface area contributed by atoms with E-state index in [0.717, 1.165) is 53.5 Å². The minimum Gasteiger partial charge on any atom is -0.496 e. The van der Waals surface area contributed by atoms with Crippen LogP contribution in [0.3, 0.4) is 0 Å². The third-order valence-corrected chi connectivity index (χ3v) is 7.13. The Morgan fingerprint density at radius 2 is 1.89 bits per heavy atom. The molecule has 2 aromatic carbocycles. The minimum atomic E-state index is -1.30. The molecule has 200 valence electrons. The first-order chi connectivity index (χ1) is 18.3. The van der Waals surface area contributed by atoms with Crippen molar-refractivity contribution in [3.8, 4) is 17.0 Å². The highest BCUT2D eigenvalue weighted by Gasteiger charge is 2.19. The molecule has 0 aliphatic heterocycles. The molecule has 7 nitrogen and oxygen atoms in total. The molecule has 38 heavy (non-hydrogen) atoms. The molecule has 0 spiro atoms. The number of carboxylic acid groups (broad SMARTS) is 1. The normalized spacial score (nSPS) is 14.4. The largest absolute Gasteiger partial charge is 0.496 e. The number of benzene rings is 2. The van der Waals surface area contributed by atoms with Gasteiger partial charge >= 0.3 is 5.97 Å². The van der Waals surface area contributed by atoms with Crippen LogP contribution in [0.2, 0.25) is 0 Å². The van der Waals surface area contributed by atoms with Crippen LogP contribution >= 0.6 is 11.3 Å². The van der Waals surface area contributed by atoms with Crippen LogP contribution < -0.4 is 10.1 Å². The SMILES string of the molecule is COc1c(COC2CCCCC2)cccc1-c1csc(NC(=O)c2cc(F)c(/C=C(\C)C(=O)O)c(F)c2)n1. The minimum absolute atomic E-state index is 0.238. The Hall–Kier alpha value is -3.63. The zero-order chi connectivity index (χ0) is 27.2. The van der Waals surface area contributed by atoms with Crippen LogP contribution in [0.1, 0.15) is 60.5 Å². The van der Waals surface area contributed by atoms with Crippen molar-refractivity contribution in [2.75, 3.05) is 12.4 Å². The van der Waals surface area contributed by atoms with E-state index in [1.165, 1.54) is 26.2 Å². The monoisotopic (exact) mass is 542 g/mol. The maximum absolute atomic E-state index is 14.5. The molecule has 4 rings (SSSR count). The number of para-hydroxylation sites is 1. The van der Waals surface area contributed by atoms with Gasteiger partial charge in [0.25, 0.3) is 5.91 Å². The molecule has 2 N–H and O–H groups in total. The second-order valence-corrected chi connectivity index (χ2v) is 9.91. The summed E-state index contributed by atoms with van der Waals surface area (Å²) in [6.07, 6.45) is 6.86. The highest BCUT2D eigenvalue weighted by atomic mass is 32.1. The number of aromatic nitrogens is 1. The van der Waals surface area contributed by atoms with Crippen LogP contribution in [-0.4, -0.2) is 35.2 Å². The Labute approximate surface area is 223 Å². The first-order valence-corrected chi connectivity index (χ1v) is 13.1. The number of carbonyl (C=O) groups excluding carboxylic acids is 1. The Morgan fingerprint density at radius 1 is 1.18 bits per heavy atom. The van der Waals surface area contributed by atoms with Gasteiger partial charge < -0.3 is 14.6 Å². The Morgan fingerprint density at radius 3 is 2.55 bits per heavy atom. The molecule has 1 aromatic heterocycles. The third kappa shape index (κ3) is 6.43. The van der Waals surface area contributed by atoms with E-state index >= 15 is 0 Å². The number of anilines is 1. The van der Waals surface area contributed by atoms with Gasteiger partial charge in [-0.2, -0.15) is 0 Å². The number of thiazole rings is 1. The first-order valence-electron chi connectivity index (χ1n) is 12.2. The number of rotatable bonds is 9. The molecule has 0 radical (unpaired) electrons. The number of carboxylic acids is 1. The molecular weight excluding hydrogens is 514 g/mol. The number of methoxy groups -OCH3 is 1. The van der Waals surface area contributed by atoms with Crippen LogP contribution in [-0.2, 0) is 16.1 Å². The molecule has 1 amide bonds. The molecule has 0 unspecified atom stereocenters. The van der Waals surface area contributed by atoms with Crippen molar-refractivity contribution in [1.29, 1.82) is 0 Å². The standard InChI is InChI=1S/C28H28F2N2O5S/c1-16(27(34)35)11-21-22(29)12-18(13-23(21)30)26(33)32-28-31-24(15-38-28)20-10-6-7-17(25(20)36-2)14-37-19-8-4-3-5-9-19/h6-7,10-13,15,19H,3-5,8-9,14H2,1-2H3,(H,34,35)(H,31,32,33)/b16-11+. The number of halogens is 2.